The third kappa shape index (κ3) is 1.61. The van der Waals surface area contributed by atoms with Crippen LogP contribution in [0.4, 0.5) is 5.82 Å². The third-order valence-electron chi connectivity index (χ3n) is 2.38. The van der Waals surface area contributed by atoms with Crippen LogP contribution in [-0.2, 0) is 7.05 Å². The first-order valence-electron chi connectivity index (χ1n) is 4.76. The van der Waals surface area contributed by atoms with Crippen LogP contribution >= 0.6 is 11.6 Å². The van der Waals surface area contributed by atoms with E-state index in [1.165, 1.54) is 0 Å². The van der Waals surface area contributed by atoms with Crippen molar-refractivity contribution < 1.29 is 4.74 Å². The molecule has 2 aromatic rings. The molecule has 1 heterocycles. The summed E-state index contributed by atoms with van der Waals surface area (Å²) >= 11 is 6.11. The number of ether oxygens (including phenoxy) is 1. The van der Waals surface area contributed by atoms with Crippen molar-refractivity contribution in [2.24, 2.45) is 7.05 Å². The lowest BCUT2D eigenvalue weighted by atomic mass is 10.1. The summed E-state index contributed by atoms with van der Waals surface area (Å²) in [5.74, 6) is 1.07. The SMILES string of the molecule is COc1ccccc1-c1c(Cl)c(N)nn1C. The maximum atomic E-state index is 6.11. The van der Waals surface area contributed by atoms with E-state index in [-0.39, 0.29) is 0 Å². The van der Waals surface area contributed by atoms with Crippen molar-refractivity contribution >= 4 is 17.4 Å². The first-order chi connectivity index (χ1) is 7.65. The lowest BCUT2D eigenvalue weighted by molar-refractivity contribution is 0.416. The van der Waals surface area contributed by atoms with Gasteiger partial charge in [-0.15, -0.1) is 0 Å². The van der Waals surface area contributed by atoms with Crippen molar-refractivity contribution in [1.29, 1.82) is 0 Å². The molecule has 84 valence electrons. The fourth-order valence-electron chi connectivity index (χ4n) is 1.65. The monoisotopic (exact) mass is 237 g/mol. The molecule has 0 unspecified atom stereocenters. The molecular weight excluding hydrogens is 226 g/mol. The van der Waals surface area contributed by atoms with Gasteiger partial charge in [-0.25, -0.2) is 0 Å². The summed E-state index contributed by atoms with van der Waals surface area (Å²) in [5, 5.41) is 4.52. The number of hydrogen-bond donors (Lipinski definition) is 1. The van der Waals surface area contributed by atoms with E-state index in [0.717, 1.165) is 17.0 Å². The summed E-state index contributed by atoms with van der Waals surface area (Å²) in [6, 6.07) is 7.60. The predicted octanol–water partition coefficient (Wildman–Crippen LogP) is 2.33. The first kappa shape index (κ1) is 10.8. The highest BCUT2D eigenvalue weighted by Gasteiger charge is 2.16. The van der Waals surface area contributed by atoms with E-state index in [0.29, 0.717) is 10.8 Å². The van der Waals surface area contributed by atoms with E-state index in [1.54, 1.807) is 18.8 Å². The number of benzene rings is 1. The van der Waals surface area contributed by atoms with E-state index in [1.807, 2.05) is 24.3 Å². The van der Waals surface area contributed by atoms with Gasteiger partial charge in [0, 0.05) is 12.6 Å². The average molecular weight is 238 g/mol. The highest BCUT2D eigenvalue weighted by atomic mass is 35.5. The number of para-hydroxylation sites is 1. The van der Waals surface area contributed by atoms with E-state index in [2.05, 4.69) is 5.10 Å². The minimum atomic E-state index is 0.324. The minimum absolute atomic E-state index is 0.324. The van der Waals surface area contributed by atoms with Crippen molar-refractivity contribution in [2.75, 3.05) is 12.8 Å². The van der Waals surface area contributed by atoms with Gasteiger partial charge in [-0.3, -0.25) is 4.68 Å². The zero-order valence-corrected chi connectivity index (χ0v) is 9.82. The van der Waals surface area contributed by atoms with Crippen molar-refractivity contribution in [1.82, 2.24) is 9.78 Å². The fourth-order valence-corrected chi connectivity index (χ4v) is 1.91. The molecular formula is C11H12ClN3O. The quantitative estimate of drug-likeness (QED) is 0.872. The molecule has 0 amide bonds. The van der Waals surface area contributed by atoms with Gasteiger partial charge in [0.2, 0.25) is 0 Å². The lowest BCUT2D eigenvalue weighted by Gasteiger charge is -2.08. The number of aryl methyl sites for hydroxylation is 1. The molecule has 2 N–H and O–H groups in total. The summed E-state index contributed by atoms with van der Waals surface area (Å²) in [6.07, 6.45) is 0. The second-order valence-electron chi connectivity index (χ2n) is 3.37. The zero-order valence-electron chi connectivity index (χ0n) is 9.07. The van der Waals surface area contributed by atoms with E-state index in [4.69, 9.17) is 22.1 Å². The van der Waals surface area contributed by atoms with Crippen molar-refractivity contribution in [3.8, 4) is 17.0 Å². The summed E-state index contributed by atoms with van der Waals surface area (Å²) in [6.45, 7) is 0. The largest absolute Gasteiger partial charge is 0.496 e. The van der Waals surface area contributed by atoms with Crippen LogP contribution in [0, 0.1) is 0 Å². The summed E-state index contributed by atoms with van der Waals surface area (Å²) in [7, 11) is 3.41. The number of anilines is 1. The van der Waals surface area contributed by atoms with E-state index in [9.17, 15) is 0 Å². The Morgan fingerprint density at radius 2 is 2.06 bits per heavy atom. The van der Waals surface area contributed by atoms with Crippen LogP contribution in [0.3, 0.4) is 0 Å². The van der Waals surface area contributed by atoms with Gasteiger partial charge in [-0.05, 0) is 12.1 Å². The maximum Gasteiger partial charge on any atom is 0.164 e. The van der Waals surface area contributed by atoms with Crippen LogP contribution in [0.2, 0.25) is 5.02 Å². The summed E-state index contributed by atoms with van der Waals surface area (Å²) in [5.41, 5.74) is 7.30. The molecule has 0 spiro atoms. The molecule has 1 aromatic carbocycles. The first-order valence-corrected chi connectivity index (χ1v) is 5.14. The molecule has 0 radical (unpaired) electrons. The Morgan fingerprint density at radius 3 is 2.62 bits per heavy atom. The smallest absolute Gasteiger partial charge is 0.164 e. The Morgan fingerprint density at radius 1 is 1.38 bits per heavy atom. The van der Waals surface area contributed by atoms with Gasteiger partial charge in [-0.2, -0.15) is 5.10 Å². The van der Waals surface area contributed by atoms with Crippen molar-refractivity contribution in [3.05, 3.63) is 29.3 Å². The number of methoxy groups -OCH3 is 1. The molecule has 0 fully saturated rings. The van der Waals surface area contributed by atoms with Crippen LogP contribution in [0.25, 0.3) is 11.3 Å². The Kier molecular flexibility index (Phi) is 2.75. The highest BCUT2D eigenvalue weighted by Crippen LogP contribution is 2.36. The molecule has 0 saturated carbocycles. The fraction of sp³-hybridized carbons (Fsp3) is 0.182. The predicted molar refractivity (Wildman–Crippen MR) is 64.6 cm³/mol. The minimum Gasteiger partial charge on any atom is -0.496 e. The second-order valence-corrected chi connectivity index (χ2v) is 3.75. The molecule has 4 nitrogen and oxygen atoms in total. The van der Waals surface area contributed by atoms with Gasteiger partial charge in [-0.1, -0.05) is 23.7 Å². The average Bonchev–Trinajstić information content (AvgIpc) is 2.53. The van der Waals surface area contributed by atoms with Gasteiger partial charge >= 0.3 is 0 Å². The van der Waals surface area contributed by atoms with Crippen LogP contribution in [-0.4, -0.2) is 16.9 Å². The Hall–Kier alpha value is -1.68. The second kappa shape index (κ2) is 4.06. The number of nitrogens with zero attached hydrogens (tertiary/aromatic N) is 2. The van der Waals surface area contributed by atoms with Gasteiger partial charge in [0.25, 0.3) is 0 Å². The Bertz CT molecular complexity index is 522. The van der Waals surface area contributed by atoms with Gasteiger partial charge < -0.3 is 10.5 Å². The molecule has 16 heavy (non-hydrogen) atoms. The Balaban J connectivity index is 2.67. The standard InChI is InChI=1S/C11H12ClN3O/c1-15-10(9(12)11(13)14-15)7-5-3-4-6-8(7)16-2/h3-6H,1-2H3,(H2,13,14). The molecule has 2 rings (SSSR count). The normalized spacial score (nSPS) is 10.4. The van der Waals surface area contributed by atoms with Crippen LogP contribution in [0.5, 0.6) is 5.75 Å². The number of hydrogen-bond acceptors (Lipinski definition) is 3. The van der Waals surface area contributed by atoms with Crippen LogP contribution in [0.1, 0.15) is 0 Å². The number of halogens is 1. The van der Waals surface area contributed by atoms with E-state index >= 15 is 0 Å². The number of nitrogen functional groups attached to an aromatic ring is 1. The molecule has 0 aliphatic carbocycles. The van der Waals surface area contributed by atoms with E-state index < -0.39 is 0 Å². The zero-order chi connectivity index (χ0) is 11.7. The van der Waals surface area contributed by atoms with Gasteiger partial charge in [0.05, 0.1) is 12.8 Å². The molecule has 5 heteroatoms. The molecule has 0 aliphatic heterocycles. The molecule has 0 bridgehead atoms. The molecule has 0 atom stereocenters. The number of rotatable bonds is 2. The number of nitrogens with two attached hydrogens (primary N) is 1. The van der Waals surface area contributed by atoms with Crippen molar-refractivity contribution in [3.63, 3.8) is 0 Å². The molecule has 1 aromatic heterocycles. The summed E-state index contributed by atoms with van der Waals surface area (Å²) < 4.78 is 6.93. The lowest BCUT2D eigenvalue weighted by Crippen LogP contribution is -1.96. The molecule has 0 aliphatic rings. The Labute approximate surface area is 98.6 Å². The number of aromatic nitrogens is 2. The summed E-state index contributed by atoms with van der Waals surface area (Å²) in [4.78, 5) is 0. The van der Waals surface area contributed by atoms with Crippen molar-refractivity contribution in [2.45, 2.75) is 0 Å². The van der Waals surface area contributed by atoms with Crippen LogP contribution in [0.15, 0.2) is 24.3 Å². The van der Waals surface area contributed by atoms with Gasteiger partial charge in [0.1, 0.15) is 10.8 Å². The third-order valence-corrected chi connectivity index (χ3v) is 2.75. The highest BCUT2D eigenvalue weighted by molar-refractivity contribution is 6.35. The topological polar surface area (TPSA) is 53.1 Å². The van der Waals surface area contributed by atoms with Crippen LogP contribution < -0.4 is 10.5 Å². The maximum absolute atomic E-state index is 6.11. The molecule has 0 saturated heterocycles. The van der Waals surface area contributed by atoms with Gasteiger partial charge in [0.15, 0.2) is 5.82 Å².